The average molecular weight is 339 g/mol. The van der Waals surface area contributed by atoms with Crippen LogP contribution in [0.5, 0.6) is 11.5 Å². The summed E-state index contributed by atoms with van der Waals surface area (Å²) < 4.78 is 16.1. The summed E-state index contributed by atoms with van der Waals surface area (Å²) in [5.41, 5.74) is 2.07. The van der Waals surface area contributed by atoms with Crippen LogP contribution in [0.15, 0.2) is 40.8 Å². The number of hydrogen-bond donors (Lipinski definition) is 2. The third-order valence-electron chi connectivity index (χ3n) is 3.95. The molecule has 0 aliphatic carbocycles. The van der Waals surface area contributed by atoms with Crippen molar-refractivity contribution in [1.29, 1.82) is 0 Å². The van der Waals surface area contributed by atoms with E-state index in [1.165, 1.54) is 0 Å². The third-order valence-corrected chi connectivity index (χ3v) is 3.95. The van der Waals surface area contributed by atoms with Crippen LogP contribution in [0.4, 0.5) is 0 Å². The Balaban J connectivity index is 1.34. The number of ether oxygens (including phenoxy) is 2. The lowest BCUT2D eigenvalue weighted by Gasteiger charge is -2.04. The zero-order chi connectivity index (χ0) is 17.2. The monoisotopic (exact) mass is 339 g/mol. The molecule has 1 amide bonds. The van der Waals surface area contributed by atoms with Crippen LogP contribution in [0.3, 0.4) is 0 Å². The first-order valence-corrected chi connectivity index (χ1v) is 7.98. The number of nitrogens with zero attached hydrogens (tertiary/aromatic N) is 1. The van der Waals surface area contributed by atoms with Gasteiger partial charge in [0.05, 0.1) is 0 Å². The predicted molar refractivity (Wildman–Crippen MR) is 89.6 cm³/mol. The van der Waals surface area contributed by atoms with Gasteiger partial charge in [-0.15, -0.1) is 0 Å². The Hall–Kier alpha value is -3.22. The molecule has 7 heteroatoms. The highest BCUT2D eigenvalue weighted by Gasteiger charge is 2.15. The minimum absolute atomic E-state index is 0.230. The van der Waals surface area contributed by atoms with Crippen molar-refractivity contribution in [3.63, 3.8) is 0 Å². The summed E-state index contributed by atoms with van der Waals surface area (Å²) in [5.74, 6) is 2.73. The lowest BCUT2D eigenvalue weighted by Crippen LogP contribution is -2.26. The van der Waals surface area contributed by atoms with Gasteiger partial charge in [-0.1, -0.05) is 6.07 Å². The van der Waals surface area contributed by atoms with Gasteiger partial charge >= 0.3 is 0 Å². The first-order valence-electron chi connectivity index (χ1n) is 7.98. The summed E-state index contributed by atoms with van der Waals surface area (Å²) in [7, 11) is 0. The van der Waals surface area contributed by atoms with Gasteiger partial charge in [-0.2, -0.15) is 5.10 Å². The van der Waals surface area contributed by atoms with Crippen LogP contribution >= 0.6 is 0 Å². The van der Waals surface area contributed by atoms with E-state index in [-0.39, 0.29) is 12.7 Å². The van der Waals surface area contributed by atoms with E-state index in [1.54, 1.807) is 6.07 Å². The van der Waals surface area contributed by atoms with Crippen molar-refractivity contribution >= 4 is 5.91 Å². The Morgan fingerprint density at radius 3 is 2.92 bits per heavy atom. The summed E-state index contributed by atoms with van der Waals surface area (Å²) in [6, 6.07) is 11.1. The first-order chi connectivity index (χ1) is 12.2. The van der Waals surface area contributed by atoms with Gasteiger partial charge < -0.3 is 19.2 Å². The molecular weight excluding hydrogens is 322 g/mol. The van der Waals surface area contributed by atoms with E-state index in [1.807, 2.05) is 37.3 Å². The molecule has 2 aromatic heterocycles. The van der Waals surface area contributed by atoms with Crippen molar-refractivity contribution < 1.29 is 18.7 Å². The number of carbonyl (C=O) groups is 1. The van der Waals surface area contributed by atoms with E-state index >= 15 is 0 Å². The Labute approximate surface area is 143 Å². The van der Waals surface area contributed by atoms with Gasteiger partial charge in [-0.3, -0.25) is 9.89 Å². The summed E-state index contributed by atoms with van der Waals surface area (Å²) in [4.78, 5) is 12.2. The molecule has 1 aliphatic rings. The number of carbonyl (C=O) groups excluding carboxylic acids is 1. The normalized spacial score (nSPS) is 12.4. The topological polar surface area (TPSA) is 89.4 Å². The molecule has 25 heavy (non-hydrogen) atoms. The molecule has 0 atom stereocenters. The van der Waals surface area contributed by atoms with Crippen LogP contribution in [0.2, 0.25) is 0 Å². The molecule has 0 bridgehead atoms. The maximum atomic E-state index is 12.2. The highest BCUT2D eigenvalue weighted by atomic mass is 16.7. The maximum Gasteiger partial charge on any atom is 0.271 e. The van der Waals surface area contributed by atoms with Crippen molar-refractivity contribution in [2.24, 2.45) is 0 Å². The van der Waals surface area contributed by atoms with E-state index in [9.17, 15) is 4.79 Å². The van der Waals surface area contributed by atoms with Gasteiger partial charge in [0.2, 0.25) is 6.79 Å². The highest BCUT2D eigenvalue weighted by molar-refractivity contribution is 5.93. The number of H-pyrrole nitrogens is 1. The van der Waals surface area contributed by atoms with Crippen molar-refractivity contribution in [3.05, 3.63) is 53.4 Å². The number of amides is 1. The number of hydrogen-bond acceptors (Lipinski definition) is 5. The Bertz CT molecular complexity index is 913. The second kappa shape index (κ2) is 6.35. The summed E-state index contributed by atoms with van der Waals surface area (Å²) in [6.07, 6.45) is 0.692. The zero-order valence-electron chi connectivity index (χ0n) is 13.7. The van der Waals surface area contributed by atoms with E-state index in [4.69, 9.17) is 13.9 Å². The van der Waals surface area contributed by atoms with Crippen LogP contribution in [-0.4, -0.2) is 29.4 Å². The number of aromatic nitrogens is 2. The fraction of sp³-hybridized carbons (Fsp3) is 0.222. The summed E-state index contributed by atoms with van der Waals surface area (Å²) in [6.45, 7) is 2.62. The standard InChI is InChI=1S/C18H17N3O4/c1-11-2-4-15(25-11)13-9-14(21-20-13)18(22)19-7-6-12-3-5-16-17(8-12)24-10-23-16/h2-5,8-9H,6-7,10H2,1H3,(H,19,22)(H,20,21). The van der Waals surface area contributed by atoms with Crippen LogP contribution in [0, 0.1) is 6.92 Å². The molecule has 0 saturated heterocycles. The quantitative estimate of drug-likeness (QED) is 0.746. The molecule has 0 saturated carbocycles. The number of aromatic amines is 1. The molecule has 3 aromatic rings. The molecule has 0 radical (unpaired) electrons. The van der Waals surface area contributed by atoms with Crippen LogP contribution in [0.1, 0.15) is 21.8 Å². The lowest BCUT2D eigenvalue weighted by atomic mass is 10.1. The fourth-order valence-electron chi connectivity index (χ4n) is 2.65. The smallest absolute Gasteiger partial charge is 0.271 e. The van der Waals surface area contributed by atoms with Crippen LogP contribution < -0.4 is 14.8 Å². The Morgan fingerprint density at radius 2 is 2.08 bits per heavy atom. The second-order valence-electron chi connectivity index (χ2n) is 5.77. The van der Waals surface area contributed by atoms with Gasteiger partial charge in [0, 0.05) is 12.6 Å². The molecule has 128 valence electrons. The molecule has 0 unspecified atom stereocenters. The van der Waals surface area contributed by atoms with Crippen molar-refractivity contribution in [2.75, 3.05) is 13.3 Å². The minimum Gasteiger partial charge on any atom is -0.460 e. The van der Waals surface area contributed by atoms with Gasteiger partial charge in [0.25, 0.3) is 5.91 Å². The van der Waals surface area contributed by atoms with Crippen LogP contribution in [-0.2, 0) is 6.42 Å². The fourth-order valence-corrected chi connectivity index (χ4v) is 2.65. The molecule has 7 nitrogen and oxygen atoms in total. The molecule has 3 heterocycles. The molecule has 1 aliphatic heterocycles. The number of aryl methyl sites for hydroxylation is 1. The number of benzene rings is 1. The zero-order valence-corrected chi connectivity index (χ0v) is 13.7. The van der Waals surface area contributed by atoms with Crippen molar-refractivity contribution in [1.82, 2.24) is 15.5 Å². The number of rotatable bonds is 5. The largest absolute Gasteiger partial charge is 0.460 e. The van der Waals surface area contributed by atoms with Crippen molar-refractivity contribution in [3.8, 4) is 23.0 Å². The molecule has 1 aromatic carbocycles. The maximum absolute atomic E-state index is 12.2. The Kier molecular flexibility index (Phi) is 3.89. The third kappa shape index (κ3) is 3.21. The van der Waals surface area contributed by atoms with E-state index < -0.39 is 0 Å². The average Bonchev–Trinajstić information content (AvgIpc) is 3.34. The van der Waals surface area contributed by atoms with Crippen molar-refractivity contribution in [2.45, 2.75) is 13.3 Å². The van der Waals surface area contributed by atoms with Gasteiger partial charge in [-0.25, -0.2) is 0 Å². The van der Waals surface area contributed by atoms with Gasteiger partial charge in [0.1, 0.15) is 11.5 Å². The number of fused-ring (bicyclic) bond motifs is 1. The molecular formula is C18H17N3O4. The summed E-state index contributed by atoms with van der Waals surface area (Å²) in [5, 5.41) is 9.72. The van der Waals surface area contributed by atoms with Gasteiger partial charge in [-0.05, 0) is 43.2 Å². The molecule has 0 spiro atoms. The molecule has 4 rings (SSSR count). The second-order valence-corrected chi connectivity index (χ2v) is 5.77. The highest BCUT2D eigenvalue weighted by Crippen LogP contribution is 2.32. The molecule has 2 N–H and O–H groups in total. The number of nitrogens with one attached hydrogen (secondary N) is 2. The Morgan fingerprint density at radius 1 is 1.20 bits per heavy atom. The lowest BCUT2D eigenvalue weighted by molar-refractivity contribution is 0.0949. The van der Waals surface area contributed by atoms with E-state index in [0.717, 1.165) is 22.8 Å². The summed E-state index contributed by atoms with van der Waals surface area (Å²) >= 11 is 0. The van der Waals surface area contributed by atoms with Crippen LogP contribution in [0.25, 0.3) is 11.5 Å². The van der Waals surface area contributed by atoms with E-state index in [2.05, 4.69) is 15.5 Å². The first kappa shape index (κ1) is 15.3. The predicted octanol–water partition coefficient (Wildman–Crippen LogP) is 2.68. The minimum atomic E-state index is -0.230. The number of furan rings is 1. The van der Waals surface area contributed by atoms with E-state index in [0.29, 0.717) is 30.1 Å². The molecule has 0 fully saturated rings. The van der Waals surface area contributed by atoms with Gasteiger partial charge in [0.15, 0.2) is 23.0 Å². The SMILES string of the molecule is Cc1ccc(-c2cc(C(=O)NCCc3ccc4c(c3)OCO4)n[nH]2)o1.